The molecule has 0 radical (unpaired) electrons. The molecular weight excluding hydrogens is 287 g/mol. The summed E-state index contributed by atoms with van der Waals surface area (Å²) >= 11 is 6.94. The molecule has 0 aliphatic heterocycles. The second kappa shape index (κ2) is 6.68. The van der Waals surface area contributed by atoms with E-state index in [0.717, 1.165) is 24.7 Å². The van der Waals surface area contributed by atoms with Gasteiger partial charge in [-0.05, 0) is 41.9 Å². The number of rotatable bonds is 5. The summed E-state index contributed by atoms with van der Waals surface area (Å²) in [5.41, 5.74) is 0. The third-order valence-electron chi connectivity index (χ3n) is 2.16. The molecule has 0 bridgehead atoms. The van der Waals surface area contributed by atoms with Crippen LogP contribution in [0.25, 0.3) is 0 Å². The Hall–Kier alpha value is -1.40. The van der Waals surface area contributed by atoms with Crippen LogP contribution in [0.1, 0.15) is 13.3 Å². The van der Waals surface area contributed by atoms with Crippen molar-refractivity contribution in [2.45, 2.75) is 23.4 Å². The maximum absolute atomic E-state index is 13.5. The molecule has 1 heterocycles. The highest BCUT2D eigenvalue weighted by Crippen LogP contribution is 2.27. The fourth-order valence-corrected chi connectivity index (χ4v) is 2.30. The summed E-state index contributed by atoms with van der Waals surface area (Å²) < 4.78 is 13.5. The minimum Gasteiger partial charge on any atom is -0.354 e. The van der Waals surface area contributed by atoms with Crippen LogP contribution in [0.5, 0.6) is 0 Å². The van der Waals surface area contributed by atoms with Crippen LogP contribution >= 0.6 is 23.4 Å². The number of hydrogen-bond acceptors (Lipinski definition) is 5. The number of aromatic nitrogens is 3. The van der Waals surface area contributed by atoms with Gasteiger partial charge in [0.15, 0.2) is 5.16 Å². The quantitative estimate of drug-likeness (QED) is 0.913. The third-order valence-corrected chi connectivity index (χ3v) is 3.24. The number of anilines is 1. The molecule has 0 aliphatic rings. The molecule has 0 fully saturated rings. The second-order valence-electron chi connectivity index (χ2n) is 3.67. The molecule has 1 aromatic heterocycles. The zero-order valence-corrected chi connectivity index (χ0v) is 11.8. The maximum Gasteiger partial charge on any atom is 0.228 e. The van der Waals surface area contributed by atoms with Crippen LogP contribution in [-0.2, 0) is 0 Å². The minimum atomic E-state index is -0.313. The first-order valence-corrected chi connectivity index (χ1v) is 6.96. The van der Waals surface area contributed by atoms with Crippen molar-refractivity contribution in [1.29, 1.82) is 0 Å². The van der Waals surface area contributed by atoms with Crippen molar-refractivity contribution in [3.63, 3.8) is 0 Å². The lowest BCUT2D eigenvalue weighted by Crippen LogP contribution is -2.06. The average molecular weight is 299 g/mol. The summed E-state index contributed by atoms with van der Waals surface area (Å²) in [6, 6.07) is 6.44. The Morgan fingerprint density at radius 1 is 1.26 bits per heavy atom. The van der Waals surface area contributed by atoms with Crippen LogP contribution in [0.15, 0.2) is 34.3 Å². The molecule has 4 nitrogen and oxygen atoms in total. The molecule has 1 aromatic carbocycles. The van der Waals surface area contributed by atoms with E-state index in [0.29, 0.717) is 16.0 Å². The number of nitrogens with one attached hydrogen (secondary N) is 1. The Bertz CT molecular complexity index is 567. The van der Waals surface area contributed by atoms with E-state index >= 15 is 0 Å². The van der Waals surface area contributed by atoms with Crippen molar-refractivity contribution in [2.24, 2.45) is 0 Å². The van der Waals surface area contributed by atoms with Crippen LogP contribution in [-0.4, -0.2) is 21.5 Å². The normalized spacial score (nSPS) is 10.5. The zero-order chi connectivity index (χ0) is 13.7. The van der Waals surface area contributed by atoms with Crippen LogP contribution in [0, 0.1) is 5.82 Å². The van der Waals surface area contributed by atoms with Gasteiger partial charge in [0.1, 0.15) is 5.82 Å². The molecule has 19 heavy (non-hydrogen) atoms. The SMILES string of the molecule is CCCNc1nc(Cl)nc(Sc2ccccc2F)n1. The summed E-state index contributed by atoms with van der Waals surface area (Å²) in [6.07, 6.45) is 0.944. The lowest BCUT2D eigenvalue weighted by atomic mass is 10.4. The Morgan fingerprint density at radius 3 is 2.79 bits per heavy atom. The molecule has 2 aromatic rings. The molecular formula is C12H12ClFN4S. The Labute approximate surface area is 119 Å². The lowest BCUT2D eigenvalue weighted by Gasteiger charge is -2.05. The lowest BCUT2D eigenvalue weighted by molar-refractivity contribution is 0.601. The van der Waals surface area contributed by atoms with Crippen molar-refractivity contribution >= 4 is 29.3 Å². The highest BCUT2D eigenvalue weighted by atomic mass is 35.5. The van der Waals surface area contributed by atoms with Gasteiger partial charge in [-0.2, -0.15) is 15.0 Å². The summed E-state index contributed by atoms with van der Waals surface area (Å²) in [5, 5.41) is 3.48. The fourth-order valence-electron chi connectivity index (χ4n) is 1.32. The van der Waals surface area contributed by atoms with Crippen molar-refractivity contribution < 1.29 is 4.39 Å². The number of halogens is 2. The number of nitrogens with zero attached hydrogens (tertiary/aromatic N) is 3. The van der Waals surface area contributed by atoms with Crippen molar-refractivity contribution in [2.75, 3.05) is 11.9 Å². The van der Waals surface area contributed by atoms with Crippen LogP contribution in [0.4, 0.5) is 10.3 Å². The summed E-state index contributed by atoms with van der Waals surface area (Å²) in [5.74, 6) is 0.0905. The van der Waals surface area contributed by atoms with Gasteiger partial charge in [0, 0.05) is 6.54 Å². The van der Waals surface area contributed by atoms with E-state index in [4.69, 9.17) is 11.6 Å². The van der Waals surface area contributed by atoms with Crippen molar-refractivity contribution in [1.82, 2.24) is 15.0 Å². The van der Waals surface area contributed by atoms with E-state index in [2.05, 4.69) is 20.3 Å². The third kappa shape index (κ3) is 4.04. The molecule has 0 saturated heterocycles. The predicted octanol–water partition coefficient (Wildman–Crippen LogP) is 3.64. The Kier molecular flexibility index (Phi) is 4.93. The molecule has 1 N–H and O–H groups in total. The van der Waals surface area contributed by atoms with Gasteiger partial charge in [-0.1, -0.05) is 19.1 Å². The molecule has 2 rings (SSSR count). The number of benzene rings is 1. The smallest absolute Gasteiger partial charge is 0.228 e. The maximum atomic E-state index is 13.5. The largest absolute Gasteiger partial charge is 0.354 e. The molecule has 0 spiro atoms. The molecule has 0 aliphatic carbocycles. The van der Waals surface area contributed by atoms with Gasteiger partial charge in [-0.25, -0.2) is 4.39 Å². The average Bonchev–Trinajstić information content (AvgIpc) is 2.38. The first-order chi connectivity index (χ1) is 9.19. The molecule has 0 unspecified atom stereocenters. The highest BCUT2D eigenvalue weighted by Gasteiger charge is 2.09. The van der Waals surface area contributed by atoms with Gasteiger partial charge >= 0.3 is 0 Å². The topological polar surface area (TPSA) is 50.7 Å². The van der Waals surface area contributed by atoms with Gasteiger partial charge in [-0.15, -0.1) is 0 Å². The summed E-state index contributed by atoms with van der Waals surface area (Å²) in [6.45, 7) is 2.77. The van der Waals surface area contributed by atoms with E-state index in [1.807, 2.05) is 6.92 Å². The monoisotopic (exact) mass is 298 g/mol. The summed E-state index contributed by atoms with van der Waals surface area (Å²) in [4.78, 5) is 12.6. The van der Waals surface area contributed by atoms with Crippen molar-refractivity contribution in [3.8, 4) is 0 Å². The Balaban J connectivity index is 2.20. The van der Waals surface area contributed by atoms with E-state index in [1.165, 1.54) is 6.07 Å². The first kappa shape index (κ1) is 14.0. The molecule has 0 saturated carbocycles. The van der Waals surface area contributed by atoms with Gasteiger partial charge in [0.2, 0.25) is 11.2 Å². The van der Waals surface area contributed by atoms with E-state index in [9.17, 15) is 4.39 Å². The molecule has 100 valence electrons. The van der Waals surface area contributed by atoms with Gasteiger partial charge in [-0.3, -0.25) is 0 Å². The molecule has 0 amide bonds. The van der Waals surface area contributed by atoms with Crippen LogP contribution in [0.3, 0.4) is 0 Å². The standard InChI is InChI=1S/C12H12ClFN4S/c1-2-7-15-11-16-10(13)17-12(18-11)19-9-6-4-3-5-8(9)14/h3-6H,2,7H2,1H3,(H,15,16,17,18). The van der Waals surface area contributed by atoms with E-state index in [-0.39, 0.29) is 11.1 Å². The first-order valence-electron chi connectivity index (χ1n) is 5.77. The van der Waals surface area contributed by atoms with E-state index in [1.54, 1.807) is 18.2 Å². The minimum absolute atomic E-state index is 0.0902. The molecule has 7 heteroatoms. The Morgan fingerprint density at radius 2 is 2.05 bits per heavy atom. The van der Waals surface area contributed by atoms with Gasteiger partial charge < -0.3 is 5.32 Å². The van der Waals surface area contributed by atoms with Gasteiger partial charge in [0.25, 0.3) is 0 Å². The number of hydrogen-bond donors (Lipinski definition) is 1. The molecule has 0 atom stereocenters. The van der Waals surface area contributed by atoms with Crippen molar-refractivity contribution in [3.05, 3.63) is 35.4 Å². The second-order valence-corrected chi connectivity index (χ2v) is 5.02. The van der Waals surface area contributed by atoms with Crippen LogP contribution in [0.2, 0.25) is 5.28 Å². The highest BCUT2D eigenvalue weighted by molar-refractivity contribution is 7.99. The van der Waals surface area contributed by atoms with E-state index < -0.39 is 0 Å². The van der Waals surface area contributed by atoms with Crippen LogP contribution < -0.4 is 5.32 Å². The zero-order valence-electron chi connectivity index (χ0n) is 10.2. The predicted molar refractivity (Wildman–Crippen MR) is 74.1 cm³/mol. The summed E-state index contributed by atoms with van der Waals surface area (Å²) in [7, 11) is 0. The fraction of sp³-hybridized carbons (Fsp3) is 0.250. The van der Waals surface area contributed by atoms with Gasteiger partial charge in [0.05, 0.1) is 4.90 Å².